The molecule has 90 valence electrons. The molecule has 2 aliphatic rings. The van der Waals surface area contributed by atoms with Crippen molar-refractivity contribution >= 4 is 11.7 Å². The van der Waals surface area contributed by atoms with Crippen molar-refractivity contribution in [3.8, 4) is 0 Å². The fraction of sp³-hybridized carbons (Fsp3) is 0.846. The molecule has 3 atom stereocenters. The molecule has 3 nitrogen and oxygen atoms in total. The lowest BCUT2D eigenvalue weighted by Gasteiger charge is -2.27. The summed E-state index contributed by atoms with van der Waals surface area (Å²) in [5.74, 6) is 1.14. The van der Waals surface area contributed by atoms with Gasteiger partial charge in [0, 0.05) is 13.5 Å². The van der Waals surface area contributed by atoms with Gasteiger partial charge in [0.2, 0.25) is 5.91 Å². The van der Waals surface area contributed by atoms with Crippen molar-refractivity contribution in [1.82, 2.24) is 4.90 Å². The van der Waals surface area contributed by atoms with Gasteiger partial charge in [-0.1, -0.05) is 13.8 Å². The van der Waals surface area contributed by atoms with E-state index >= 15 is 0 Å². The minimum Gasteiger partial charge on any atom is -0.332 e. The molecule has 0 N–H and O–H groups in total. The van der Waals surface area contributed by atoms with Gasteiger partial charge in [-0.05, 0) is 37.0 Å². The number of rotatable bonds is 1. The summed E-state index contributed by atoms with van der Waals surface area (Å²) >= 11 is 0. The molecule has 0 aromatic carbocycles. The third-order valence-corrected chi connectivity index (χ3v) is 4.20. The molecule has 0 aromatic rings. The van der Waals surface area contributed by atoms with E-state index < -0.39 is 0 Å². The second-order valence-corrected chi connectivity index (χ2v) is 6.22. The van der Waals surface area contributed by atoms with E-state index in [0.717, 1.165) is 19.4 Å². The maximum Gasteiger partial charge on any atom is 0.220 e. The van der Waals surface area contributed by atoms with Gasteiger partial charge in [0.05, 0.1) is 6.04 Å². The summed E-state index contributed by atoms with van der Waals surface area (Å²) in [6.45, 7) is 8.51. The zero-order valence-electron chi connectivity index (χ0n) is 10.6. The SMILES string of the molecule is CC(=O)[C@@H]1[C@H]2CC(C)(C)C[C@H]2CN1C(C)=O. The number of likely N-dealkylation sites (tertiary alicyclic amines) is 1. The minimum absolute atomic E-state index is 0.0485. The van der Waals surface area contributed by atoms with E-state index in [1.54, 1.807) is 18.7 Å². The Labute approximate surface area is 97.2 Å². The van der Waals surface area contributed by atoms with Gasteiger partial charge in [0.1, 0.15) is 0 Å². The Bertz CT molecular complexity index is 335. The summed E-state index contributed by atoms with van der Waals surface area (Å²) in [5.41, 5.74) is 0.339. The van der Waals surface area contributed by atoms with Crippen LogP contribution in [0, 0.1) is 17.3 Å². The quantitative estimate of drug-likeness (QED) is 0.680. The van der Waals surface area contributed by atoms with E-state index in [4.69, 9.17) is 0 Å². The fourth-order valence-corrected chi connectivity index (χ4v) is 3.76. The molecule has 0 bridgehead atoms. The van der Waals surface area contributed by atoms with Crippen LogP contribution in [0.2, 0.25) is 0 Å². The normalized spacial score (nSPS) is 36.2. The van der Waals surface area contributed by atoms with E-state index in [9.17, 15) is 9.59 Å². The van der Waals surface area contributed by atoms with Gasteiger partial charge in [0.15, 0.2) is 5.78 Å². The van der Waals surface area contributed by atoms with Crippen LogP contribution in [0.4, 0.5) is 0 Å². The highest BCUT2D eigenvalue weighted by molar-refractivity contribution is 5.87. The van der Waals surface area contributed by atoms with Gasteiger partial charge in [0.25, 0.3) is 0 Å². The van der Waals surface area contributed by atoms with Crippen molar-refractivity contribution < 1.29 is 9.59 Å². The topological polar surface area (TPSA) is 37.4 Å². The van der Waals surface area contributed by atoms with Gasteiger partial charge in [-0.2, -0.15) is 0 Å². The van der Waals surface area contributed by atoms with Gasteiger partial charge >= 0.3 is 0 Å². The first-order chi connectivity index (χ1) is 7.32. The van der Waals surface area contributed by atoms with Crippen LogP contribution in [0.1, 0.15) is 40.5 Å². The van der Waals surface area contributed by atoms with E-state index in [0.29, 0.717) is 17.3 Å². The highest BCUT2D eigenvalue weighted by atomic mass is 16.2. The van der Waals surface area contributed by atoms with Crippen molar-refractivity contribution in [1.29, 1.82) is 0 Å². The predicted molar refractivity (Wildman–Crippen MR) is 61.9 cm³/mol. The Balaban J connectivity index is 2.23. The van der Waals surface area contributed by atoms with Crippen LogP contribution >= 0.6 is 0 Å². The second-order valence-electron chi connectivity index (χ2n) is 6.22. The lowest BCUT2D eigenvalue weighted by Crippen LogP contribution is -2.41. The number of nitrogens with zero attached hydrogens (tertiary/aromatic N) is 1. The molecule has 0 radical (unpaired) electrons. The van der Waals surface area contributed by atoms with Crippen LogP contribution in [0.5, 0.6) is 0 Å². The molecule has 1 saturated heterocycles. The van der Waals surface area contributed by atoms with Crippen LogP contribution in [0.15, 0.2) is 0 Å². The summed E-state index contributed by atoms with van der Waals surface area (Å²) in [5, 5.41) is 0. The largest absolute Gasteiger partial charge is 0.332 e. The molecule has 3 heteroatoms. The minimum atomic E-state index is -0.149. The van der Waals surface area contributed by atoms with Crippen LogP contribution in [0.25, 0.3) is 0 Å². The number of carbonyl (C=O) groups is 2. The van der Waals surface area contributed by atoms with E-state index in [1.807, 2.05) is 0 Å². The molecular weight excluding hydrogens is 202 g/mol. The third-order valence-electron chi connectivity index (χ3n) is 4.20. The first-order valence-corrected chi connectivity index (χ1v) is 6.09. The second kappa shape index (κ2) is 3.57. The average molecular weight is 223 g/mol. The first-order valence-electron chi connectivity index (χ1n) is 6.09. The Hall–Kier alpha value is -0.860. The molecule has 1 aliphatic carbocycles. The molecule has 2 fully saturated rings. The van der Waals surface area contributed by atoms with Crippen molar-refractivity contribution in [2.75, 3.05) is 6.54 Å². The fourth-order valence-electron chi connectivity index (χ4n) is 3.76. The molecule has 1 aliphatic heterocycles. The van der Waals surface area contributed by atoms with Gasteiger partial charge < -0.3 is 4.90 Å². The Morgan fingerprint density at radius 2 is 1.81 bits per heavy atom. The van der Waals surface area contributed by atoms with Crippen LogP contribution in [-0.2, 0) is 9.59 Å². The van der Waals surface area contributed by atoms with Crippen molar-refractivity contribution in [3.63, 3.8) is 0 Å². The third kappa shape index (κ3) is 1.76. The lowest BCUT2D eigenvalue weighted by atomic mass is 9.87. The monoisotopic (exact) mass is 223 g/mol. The van der Waals surface area contributed by atoms with Gasteiger partial charge in [-0.3, -0.25) is 9.59 Å². The van der Waals surface area contributed by atoms with Crippen LogP contribution in [-0.4, -0.2) is 29.2 Å². The number of carbonyl (C=O) groups excluding carboxylic acids is 2. The summed E-state index contributed by atoms with van der Waals surface area (Å²) in [6.07, 6.45) is 2.22. The zero-order valence-corrected chi connectivity index (χ0v) is 10.6. The molecular formula is C13H21NO2. The molecule has 16 heavy (non-hydrogen) atoms. The van der Waals surface area contributed by atoms with E-state index in [2.05, 4.69) is 13.8 Å². The zero-order chi connectivity index (χ0) is 12.1. The lowest BCUT2D eigenvalue weighted by molar-refractivity contribution is -0.136. The number of hydrogen-bond acceptors (Lipinski definition) is 2. The molecule has 0 aromatic heterocycles. The summed E-state index contributed by atoms with van der Waals surface area (Å²) in [4.78, 5) is 25.0. The van der Waals surface area contributed by atoms with Gasteiger partial charge in [-0.15, -0.1) is 0 Å². The summed E-state index contributed by atoms with van der Waals surface area (Å²) < 4.78 is 0. The Morgan fingerprint density at radius 3 is 2.31 bits per heavy atom. The maximum atomic E-state index is 11.7. The van der Waals surface area contributed by atoms with Crippen molar-refractivity contribution in [3.05, 3.63) is 0 Å². The number of fused-ring (bicyclic) bond motifs is 1. The van der Waals surface area contributed by atoms with E-state index in [-0.39, 0.29) is 17.7 Å². The van der Waals surface area contributed by atoms with Crippen LogP contribution in [0.3, 0.4) is 0 Å². The molecule has 0 unspecified atom stereocenters. The number of ketones is 1. The number of Topliss-reactive ketones (excluding diaryl/α,β-unsaturated/α-hetero) is 1. The highest BCUT2D eigenvalue weighted by Crippen LogP contribution is 2.51. The molecule has 1 amide bonds. The van der Waals surface area contributed by atoms with Crippen molar-refractivity contribution in [2.24, 2.45) is 17.3 Å². The summed E-state index contributed by atoms with van der Waals surface area (Å²) in [6, 6.07) is -0.149. The summed E-state index contributed by atoms with van der Waals surface area (Å²) in [7, 11) is 0. The Kier molecular flexibility index (Phi) is 2.59. The molecule has 0 spiro atoms. The smallest absolute Gasteiger partial charge is 0.220 e. The maximum absolute atomic E-state index is 11.7. The van der Waals surface area contributed by atoms with Crippen molar-refractivity contribution in [2.45, 2.75) is 46.6 Å². The van der Waals surface area contributed by atoms with Gasteiger partial charge in [-0.25, -0.2) is 0 Å². The molecule has 1 saturated carbocycles. The molecule has 2 rings (SSSR count). The predicted octanol–water partition coefficient (Wildman–Crippen LogP) is 1.86. The van der Waals surface area contributed by atoms with E-state index in [1.165, 1.54) is 0 Å². The first kappa shape index (κ1) is 11.6. The standard InChI is InChI=1S/C13H21NO2/c1-8(15)12-11-6-13(3,4)5-10(11)7-14(12)9(2)16/h10-12H,5-7H2,1-4H3/t10-,11-,12+/m0/s1. The molecule has 1 heterocycles. The Morgan fingerprint density at radius 1 is 1.19 bits per heavy atom. The average Bonchev–Trinajstić information content (AvgIpc) is 2.54. The number of hydrogen-bond donors (Lipinski definition) is 0. The highest BCUT2D eigenvalue weighted by Gasteiger charge is 2.52. The van der Waals surface area contributed by atoms with Crippen LogP contribution < -0.4 is 0 Å². The number of amides is 1.